The lowest BCUT2D eigenvalue weighted by Gasteiger charge is -2.08. The summed E-state index contributed by atoms with van der Waals surface area (Å²) in [5.74, 6) is 0. The standard InChI is InChI=1S/C16H17N3S2/c1-2-12(17)9-11-7-8-15(18-10-11)21-16-19-13-5-3-4-6-14(13)20-16/h3-8,10,12H,2,9,17H2,1H3. The number of para-hydroxylation sites is 1. The highest BCUT2D eigenvalue weighted by Crippen LogP contribution is 2.33. The molecule has 1 aromatic carbocycles. The number of rotatable bonds is 5. The lowest BCUT2D eigenvalue weighted by molar-refractivity contribution is 0.644. The third-order valence-electron chi connectivity index (χ3n) is 3.29. The van der Waals surface area contributed by atoms with Crippen molar-refractivity contribution in [2.24, 2.45) is 5.73 Å². The maximum absolute atomic E-state index is 5.97. The van der Waals surface area contributed by atoms with Crippen molar-refractivity contribution in [3.63, 3.8) is 0 Å². The number of thiazole rings is 1. The van der Waals surface area contributed by atoms with Crippen LogP contribution in [0.5, 0.6) is 0 Å². The summed E-state index contributed by atoms with van der Waals surface area (Å²) in [6, 6.07) is 12.6. The molecule has 108 valence electrons. The highest BCUT2D eigenvalue weighted by Gasteiger charge is 2.07. The minimum Gasteiger partial charge on any atom is -0.327 e. The first-order valence-corrected chi connectivity index (χ1v) is 8.62. The topological polar surface area (TPSA) is 51.8 Å². The maximum Gasteiger partial charge on any atom is 0.157 e. The normalized spacial score (nSPS) is 12.7. The first-order valence-electron chi connectivity index (χ1n) is 6.98. The monoisotopic (exact) mass is 315 g/mol. The number of pyridine rings is 1. The van der Waals surface area contributed by atoms with Crippen LogP contribution in [0, 0.1) is 0 Å². The zero-order valence-corrected chi connectivity index (χ0v) is 13.5. The third-order valence-corrected chi connectivity index (χ3v) is 5.33. The first-order chi connectivity index (χ1) is 10.2. The van der Waals surface area contributed by atoms with E-state index in [-0.39, 0.29) is 6.04 Å². The number of fused-ring (bicyclic) bond motifs is 1. The molecule has 21 heavy (non-hydrogen) atoms. The molecule has 0 radical (unpaired) electrons. The van der Waals surface area contributed by atoms with Crippen molar-refractivity contribution in [2.45, 2.75) is 35.2 Å². The molecule has 3 nitrogen and oxygen atoms in total. The molecule has 2 heterocycles. The van der Waals surface area contributed by atoms with Crippen LogP contribution in [0.2, 0.25) is 0 Å². The molecule has 0 saturated carbocycles. The molecule has 1 unspecified atom stereocenters. The molecule has 0 spiro atoms. The predicted molar refractivity (Wildman–Crippen MR) is 90.0 cm³/mol. The third kappa shape index (κ3) is 3.61. The van der Waals surface area contributed by atoms with Gasteiger partial charge < -0.3 is 5.73 Å². The first kappa shape index (κ1) is 14.5. The SMILES string of the molecule is CCC(N)Cc1ccc(Sc2nc3ccccc3s2)nc1. The van der Waals surface area contributed by atoms with E-state index in [1.165, 1.54) is 10.3 Å². The van der Waals surface area contributed by atoms with Gasteiger partial charge in [0.05, 0.1) is 10.2 Å². The average molecular weight is 315 g/mol. The van der Waals surface area contributed by atoms with Crippen LogP contribution >= 0.6 is 23.1 Å². The summed E-state index contributed by atoms with van der Waals surface area (Å²) in [4.78, 5) is 9.12. The van der Waals surface area contributed by atoms with Crippen LogP contribution < -0.4 is 5.73 Å². The van der Waals surface area contributed by atoms with Crippen LogP contribution in [0.15, 0.2) is 52.0 Å². The molecule has 2 N–H and O–H groups in total. The Bertz CT molecular complexity index is 689. The van der Waals surface area contributed by atoms with E-state index >= 15 is 0 Å². The minimum atomic E-state index is 0.217. The molecule has 0 bridgehead atoms. The second-order valence-corrected chi connectivity index (χ2v) is 7.22. The van der Waals surface area contributed by atoms with Gasteiger partial charge >= 0.3 is 0 Å². The number of hydrogen-bond acceptors (Lipinski definition) is 5. The van der Waals surface area contributed by atoms with Gasteiger partial charge in [-0.25, -0.2) is 9.97 Å². The Morgan fingerprint density at radius 3 is 2.81 bits per heavy atom. The highest BCUT2D eigenvalue weighted by atomic mass is 32.2. The van der Waals surface area contributed by atoms with Crippen molar-refractivity contribution in [3.05, 3.63) is 48.2 Å². The Balaban J connectivity index is 1.72. The van der Waals surface area contributed by atoms with Crippen molar-refractivity contribution in [1.82, 2.24) is 9.97 Å². The molecule has 5 heteroatoms. The predicted octanol–water partition coefficient (Wildman–Crippen LogP) is 4.12. The highest BCUT2D eigenvalue weighted by molar-refractivity contribution is 8.01. The summed E-state index contributed by atoms with van der Waals surface area (Å²) in [6.07, 6.45) is 3.79. The zero-order chi connectivity index (χ0) is 14.7. The molecule has 0 aliphatic rings. The molecule has 0 amide bonds. The van der Waals surface area contributed by atoms with Crippen LogP contribution in [0.25, 0.3) is 10.2 Å². The Hall–Kier alpha value is -1.43. The Morgan fingerprint density at radius 1 is 1.24 bits per heavy atom. The molecule has 0 fully saturated rings. The molecular weight excluding hydrogens is 298 g/mol. The van der Waals surface area contributed by atoms with E-state index in [1.54, 1.807) is 23.1 Å². The number of nitrogens with two attached hydrogens (primary N) is 1. The molecular formula is C16H17N3S2. The lowest BCUT2D eigenvalue weighted by Crippen LogP contribution is -2.21. The van der Waals surface area contributed by atoms with Crippen LogP contribution in [-0.4, -0.2) is 16.0 Å². The van der Waals surface area contributed by atoms with E-state index in [0.717, 1.165) is 27.7 Å². The van der Waals surface area contributed by atoms with Crippen molar-refractivity contribution in [3.8, 4) is 0 Å². The molecule has 2 aromatic heterocycles. The summed E-state index contributed by atoms with van der Waals surface area (Å²) in [7, 11) is 0. The van der Waals surface area contributed by atoms with Gasteiger partial charge in [0.15, 0.2) is 4.34 Å². The smallest absolute Gasteiger partial charge is 0.157 e. The number of benzene rings is 1. The number of hydrogen-bond donors (Lipinski definition) is 1. The van der Waals surface area contributed by atoms with Crippen molar-refractivity contribution >= 4 is 33.3 Å². The maximum atomic E-state index is 5.97. The van der Waals surface area contributed by atoms with Gasteiger partial charge in [-0.3, -0.25) is 0 Å². The average Bonchev–Trinajstić information content (AvgIpc) is 2.91. The summed E-state index contributed by atoms with van der Waals surface area (Å²) in [5.41, 5.74) is 8.21. The van der Waals surface area contributed by atoms with Crippen LogP contribution in [0.4, 0.5) is 0 Å². The van der Waals surface area contributed by atoms with Gasteiger partial charge in [0.25, 0.3) is 0 Å². The van der Waals surface area contributed by atoms with Gasteiger partial charge in [-0.1, -0.05) is 25.1 Å². The fourth-order valence-corrected chi connectivity index (χ4v) is 3.98. The van der Waals surface area contributed by atoms with E-state index in [0.29, 0.717) is 0 Å². The van der Waals surface area contributed by atoms with E-state index in [9.17, 15) is 0 Å². The van der Waals surface area contributed by atoms with Gasteiger partial charge in [0.1, 0.15) is 5.03 Å². The largest absolute Gasteiger partial charge is 0.327 e. The fourth-order valence-electron chi connectivity index (χ4n) is 2.02. The molecule has 3 aromatic rings. The van der Waals surface area contributed by atoms with Crippen LogP contribution in [0.1, 0.15) is 18.9 Å². The Kier molecular flexibility index (Phi) is 4.53. The van der Waals surface area contributed by atoms with Gasteiger partial charge in [-0.2, -0.15) is 0 Å². The van der Waals surface area contributed by atoms with Crippen molar-refractivity contribution in [2.75, 3.05) is 0 Å². The lowest BCUT2D eigenvalue weighted by atomic mass is 10.1. The summed E-state index contributed by atoms with van der Waals surface area (Å²) in [6.45, 7) is 2.11. The molecule has 3 rings (SSSR count). The van der Waals surface area contributed by atoms with E-state index in [1.807, 2.05) is 24.4 Å². The summed E-state index contributed by atoms with van der Waals surface area (Å²) >= 11 is 3.31. The van der Waals surface area contributed by atoms with Gasteiger partial charge in [-0.05, 0) is 48.4 Å². The van der Waals surface area contributed by atoms with Crippen LogP contribution in [0.3, 0.4) is 0 Å². The van der Waals surface area contributed by atoms with Gasteiger partial charge in [0, 0.05) is 12.2 Å². The van der Waals surface area contributed by atoms with E-state index < -0.39 is 0 Å². The van der Waals surface area contributed by atoms with E-state index in [4.69, 9.17) is 5.73 Å². The van der Waals surface area contributed by atoms with Crippen molar-refractivity contribution < 1.29 is 0 Å². The van der Waals surface area contributed by atoms with Crippen molar-refractivity contribution in [1.29, 1.82) is 0 Å². The summed E-state index contributed by atoms with van der Waals surface area (Å²) in [5, 5.41) is 0.975. The second-order valence-electron chi connectivity index (χ2n) is 4.93. The van der Waals surface area contributed by atoms with Crippen LogP contribution in [-0.2, 0) is 6.42 Å². The molecule has 0 saturated heterocycles. The second kappa shape index (κ2) is 6.56. The zero-order valence-electron chi connectivity index (χ0n) is 11.8. The summed E-state index contributed by atoms with van der Waals surface area (Å²) < 4.78 is 2.24. The number of aromatic nitrogens is 2. The quantitative estimate of drug-likeness (QED) is 0.769. The molecule has 0 aliphatic heterocycles. The fraction of sp³-hybridized carbons (Fsp3) is 0.250. The Labute approximate surface area is 132 Å². The molecule has 0 aliphatic carbocycles. The van der Waals surface area contributed by atoms with Gasteiger partial charge in [0.2, 0.25) is 0 Å². The number of nitrogens with zero attached hydrogens (tertiary/aromatic N) is 2. The minimum absolute atomic E-state index is 0.217. The van der Waals surface area contributed by atoms with Gasteiger partial charge in [-0.15, -0.1) is 11.3 Å². The van der Waals surface area contributed by atoms with E-state index in [2.05, 4.69) is 35.1 Å². The molecule has 1 atom stereocenters. The Morgan fingerprint density at radius 2 is 2.10 bits per heavy atom.